The Balaban J connectivity index is 2.25. The van der Waals surface area contributed by atoms with Crippen molar-refractivity contribution in [1.82, 2.24) is 8.96 Å². The molecule has 2 aromatic heterocycles. The third-order valence-electron chi connectivity index (χ3n) is 3.47. The molecule has 0 aliphatic carbocycles. The van der Waals surface area contributed by atoms with E-state index < -0.39 is 10.0 Å². The maximum Gasteiger partial charge on any atom is 0.269 e. The fraction of sp³-hybridized carbons (Fsp3) is 0.0714. The van der Waals surface area contributed by atoms with Crippen LogP contribution >= 0.6 is 11.6 Å². The Morgan fingerprint density at radius 1 is 1.19 bits per heavy atom. The smallest absolute Gasteiger partial charge is 0.236 e. The van der Waals surface area contributed by atoms with Crippen molar-refractivity contribution in [2.24, 2.45) is 0 Å². The number of hydrogen-bond acceptors (Lipinski definition) is 3. The van der Waals surface area contributed by atoms with Crippen LogP contribution in [-0.4, -0.2) is 25.2 Å². The van der Waals surface area contributed by atoms with E-state index >= 15 is 0 Å². The Morgan fingerprint density at radius 2 is 1.86 bits per heavy atom. The highest BCUT2D eigenvalue weighted by atomic mass is 35.5. The molecule has 2 heterocycles. The zero-order valence-electron chi connectivity index (χ0n) is 11.5. The SMILES string of the molecule is Bc1c(Cl)cnc2c1ccn2S(=O)(=O)c1ccc(C)cc1. The van der Waals surface area contributed by atoms with Gasteiger partial charge >= 0.3 is 0 Å². The van der Waals surface area contributed by atoms with E-state index in [9.17, 15) is 8.42 Å². The minimum Gasteiger partial charge on any atom is -0.236 e. The Hall–Kier alpha value is -1.79. The second-order valence-corrected chi connectivity index (χ2v) is 7.12. The fourth-order valence-corrected chi connectivity index (χ4v) is 3.64. The molecule has 0 saturated heterocycles. The number of fused-ring (bicyclic) bond motifs is 1. The summed E-state index contributed by atoms with van der Waals surface area (Å²) in [5, 5.41) is 1.26. The number of pyridine rings is 1. The highest BCUT2D eigenvalue weighted by Gasteiger charge is 2.20. The lowest BCUT2D eigenvalue weighted by atomic mass is 9.94. The molecule has 0 radical (unpaired) electrons. The maximum atomic E-state index is 12.7. The molecular weight excluding hydrogens is 306 g/mol. The lowest BCUT2D eigenvalue weighted by Crippen LogP contribution is -2.14. The number of rotatable bonds is 2. The summed E-state index contributed by atoms with van der Waals surface area (Å²) >= 11 is 6.02. The molecule has 21 heavy (non-hydrogen) atoms. The number of aromatic nitrogens is 2. The van der Waals surface area contributed by atoms with Crippen LogP contribution in [0.25, 0.3) is 11.0 Å². The molecular formula is C14H12BClN2O2S. The van der Waals surface area contributed by atoms with Crippen LogP contribution in [0.3, 0.4) is 0 Å². The predicted octanol–water partition coefficient (Wildman–Crippen LogP) is 1.49. The van der Waals surface area contributed by atoms with Crippen molar-refractivity contribution in [1.29, 1.82) is 0 Å². The number of hydrogen-bond donors (Lipinski definition) is 0. The Morgan fingerprint density at radius 3 is 2.52 bits per heavy atom. The van der Waals surface area contributed by atoms with Gasteiger partial charge in [0.2, 0.25) is 0 Å². The Kier molecular flexibility index (Phi) is 3.30. The van der Waals surface area contributed by atoms with E-state index in [1.165, 1.54) is 16.4 Å². The van der Waals surface area contributed by atoms with Crippen LogP contribution in [0.1, 0.15) is 5.56 Å². The second-order valence-electron chi connectivity index (χ2n) is 4.90. The van der Waals surface area contributed by atoms with E-state index in [0.717, 1.165) is 16.4 Å². The van der Waals surface area contributed by atoms with Crippen LogP contribution in [-0.2, 0) is 10.0 Å². The average molecular weight is 319 g/mol. The third kappa shape index (κ3) is 2.24. The number of benzene rings is 1. The van der Waals surface area contributed by atoms with E-state index in [0.29, 0.717) is 10.7 Å². The van der Waals surface area contributed by atoms with Gasteiger partial charge in [0.1, 0.15) is 7.85 Å². The van der Waals surface area contributed by atoms with Crippen LogP contribution in [0.2, 0.25) is 5.02 Å². The van der Waals surface area contributed by atoms with Crippen LogP contribution in [0.4, 0.5) is 0 Å². The van der Waals surface area contributed by atoms with Crippen molar-refractivity contribution in [3.63, 3.8) is 0 Å². The summed E-state index contributed by atoms with van der Waals surface area (Å²) in [7, 11) is -1.82. The predicted molar refractivity (Wildman–Crippen MR) is 86.7 cm³/mol. The summed E-state index contributed by atoms with van der Waals surface area (Å²) in [6.45, 7) is 1.91. The van der Waals surface area contributed by atoms with Crippen molar-refractivity contribution in [2.75, 3.05) is 0 Å². The van der Waals surface area contributed by atoms with Crippen LogP contribution < -0.4 is 5.46 Å². The first-order chi connectivity index (χ1) is 9.91. The molecule has 4 nitrogen and oxygen atoms in total. The van der Waals surface area contributed by atoms with Gasteiger partial charge in [-0.05, 0) is 25.1 Å². The monoisotopic (exact) mass is 318 g/mol. The van der Waals surface area contributed by atoms with Crippen molar-refractivity contribution >= 4 is 46.0 Å². The van der Waals surface area contributed by atoms with E-state index in [1.807, 2.05) is 14.8 Å². The van der Waals surface area contributed by atoms with Crippen molar-refractivity contribution in [2.45, 2.75) is 11.8 Å². The van der Waals surface area contributed by atoms with Crippen molar-refractivity contribution < 1.29 is 8.42 Å². The van der Waals surface area contributed by atoms with Gasteiger partial charge in [0.05, 0.1) is 9.92 Å². The number of nitrogens with zero attached hydrogens (tertiary/aromatic N) is 2. The van der Waals surface area contributed by atoms with E-state index in [-0.39, 0.29) is 4.90 Å². The summed E-state index contributed by atoms with van der Waals surface area (Å²) in [6.07, 6.45) is 2.98. The molecule has 3 aromatic rings. The zero-order chi connectivity index (χ0) is 15.2. The fourth-order valence-electron chi connectivity index (χ4n) is 2.19. The summed E-state index contributed by atoms with van der Waals surface area (Å²) in [5.74, 6) is 0. The van der Waals surface area contributed by atoms with Gasteiger partial charge in [0.15, 0.2) is 5.65 Å². The molecule has 0 fully saturated rings. The molecule has 7 heteroatoms. The molecule has 0 aliphatic rings. The molecule has 0 saturated carbocycles. The first kappa shape index (κ1) is 14.2. The van der Waals surface area contributed by atoms with Gasteiger partial charge in [-0.25, -0.2) is 17.4 Å². The number of aryl methyl sites for hydroxylation is 1. The molecule has 0 bridgehead atoms. The summed E-state index contributed by atoms with van der Waals surface area (Å²) in [4.78, 5) is 4.40. The zero-order valence-corrected chi connectivity index (χ0v) is 13.1. The molecule has 0 amide bonds. The first-order valence-electron chi connectivity index (χ1n) is 6.35. The highest BCUT2D eigenvalue weighted by molar-refractivity contribution is 7.90. The minimum atomic E-state index is -3.66. The standard InChI is InChI=1S/C14H12BClN2O2S/c1-9-2-4-10(5-3-9)21(19,20)18-7-6-11-13(15)12(16)8-17-14(11)18/h2-8H,15H2,1H3. The first-order valence-corrected chi connectivity index (χ1v) is 8.17. The topological polar surface area (TPSA) is 52.0 Å². The van der Waals surface area contributed by atoms with Gasteiger partial charge < -0.3 is 0 Å². The second kappa shape index (κ2) is 4.89. The molecule has 3 rings (SSSR count). The molecule has 0 aliphatic heterocycles. The highest BCUT2D eigenvalue weighted by Crippen LogP contribution is 2.21. The van der Waals surface area contributed by atoms with Crippen molar-refractivity contribution in [3.8, 4) is 0 Å². The van der Waals surface area contributed by atoms with E-state index in [2.05, 4.69) is 4.98 Å². The maximum absolute atomic E-state index is 12.7. The largest absolute Gasteiger partial charge is 0.269 e. The normalized spacial score (nSPS) is 11.9. The molecule has 0 atom stereocenters. The van der Waals surface area contributed by atoms with Gasteiger partial charge in [-0.2, -0.15) is 0 Å². The van der Waals surface area contributed by atoms with Crippen molar-refractivity contribution in [3.05, 3.63) is 53.3 Å². The minimum absolute atomic E-state index is 0.236. The van der Waals surface area contributed by atoms with Crippen LogP contribution in [0.15, 0.2) is 47.6 Å². The summed E-state index contributed by atoms with van der Waals surface area (Å²) < 4.78 is 26.6. The molecule has 0 unspecified atom stereocenters. The molecule has 106 valence electrons. The van der Waals surface area contributed by atoms with E-state index in [4.69, 9.17) is 11.6 Å². The van der Waals surface area contributed by atoms with Gasteiger partial charge in [0.25, 0.3) is 10.0 Å². The quantitative estimate of drug-likeness (QED) is 0.673. The molecule has 0 spiro atoms. The average Bonchev–Trinajstić information content (AvgIpc) is 2.89. The summed E-state index contributed by atoms with van der Waals surface area (Å²) in [5.41, 5.74) is 2.21. The lowest BCUT2D eigenvalue weighted by Gasteiger charge is -2.08. The van der Waals surface area contributed by atoms with Gasteiger partial charge in [-0.3, -0.25) is 0 Å². The van der Waals surface area contributed by atoms with Crippen LogP contribution in [0.5, 0.6) is 0 Å². The Bertz CT molecular complexity index is 934. The molecule has 0 N–H and O–H groups in total. The van der Waals surface area contributed by atoms with Gasteiger partial charge in [-0.1, -0.05) is 34.8 Å². The van der Waals surface area contributed by atoms with E-state index in [1.54, 1.807) is 30.3 Å². The Labute approximate surface area is 128 Å². The molecule has 1 aromatic carbocycles. The number of halogens is 1. The third-order valence-corrected chi connectivity index (χ3v) is 5.53. The van der Waals surface area contributed by atoms with Gasteiger partial charge in [-0.15, -0.1) is 0 Å². The summed E-state index contributed by atoms with van der Waals surface area (Å²) in [6, 6.07) is 8.45. The van der Waals surface area contributed by atoms with Gasteiger partial charge in [0, 0.05) is 17.8 Å². The lowest BCUT2D eigenvalue weighted by molar-refractivity contribution is 0.589. The van der Waals surface area contributed by atoms with Crippen LogP contribution in [0, 0.1) is 6.92 Å².